The van der Waals surface area contributed by atoms with Crippen molar-refractivity contribution in [2.24, 2.45) is 0 Å². The normalized spacial score (nSPS) is 18.2. The van der Waals surface area contributed by atoms with Gasteiger partial charge in [-0.25, -0.2) is 15.0 Å². The van der Waals surface area contributed by atoms with Crippen molar-refractivity contribution in [3.05, 3.63) is 45.9 Å². The van der Waals surface area contributed by atoms with Crippen molar-refractivity contribution < 1.29 is 4.79 Å². The van der Waals surface area contributed by atoms with Crippen LogP contribution in [0.25, 0.3) is 5.78 Å². The van der Waals surface area contributed by atoms with Crippen molar-refractivity contribution >= 4 is 23.0 Å². The summed E-state index contributed by atoms with van der Waals surface area (Å²) in [5.74, 6) is 0.867. The third-order valence-corrected chi connectivity index (χ3v) is 5.79. The van der Waals surface area contributed by atoms with Crippen molar-refractivity contribution in [2.45, 2.75) is 32.6 Å². The van der Waals surface area contributed by atoms with Crippen LogP contribution in [0.3, 0.4) is 0 Å². The Morgan fingerprint density at radius 2 is 2.21 bits per heavy atom. The van der Waals surface area contributed by atoms with E-state index in [1.54, 1.807) is 28.1 Å². The van der Waals surface area contributed by atoms with E-state index < -0.39 is 0 Å². The van der Waals surface area contributed by atoms with Crippen LogP contribution in [-0.4, -0.2) is 43.2 Å². The Hall–Kier alpha value is -2.28. The molecular weight excluding hydrogens is 322 g/mol. The molecule has 3 aromatic heterocycles. The van der Waals surface area contributed by atoms with Crippen molar-refractivity contribution in [3.8, 4) is 0 Å². The minimum absolute atomic E-state index is 0.0183. The molecule has 0 bridgehead atoms. The molecule has 0 aliphatic carbocycles. The van der Waals surface area contributed by atoms with E-state index in [4.69, 9.17) is 0 Å². The summed E-state index contributed by atoms with van der Waals surface area (Å²) in [6.45, 7) is 5.64. The van der Waals surface area contributed by atoms with Crippen LogP contribution in [-0.2, 0) is 0 Å². The summed E-state index contributed by atoms with van der Waals surface area (Å²) in [6, 6.07) is 1.83. The maximum absolute atomic E-state index is 12.8. The number of imidazole rings is 1. The van der Waals surface area contributed by atoms with Gasteiger partial charge < -0.3 is 4.90 Å². The van der Waals surface area contributed by atoms with E-state index in [2.05, 4.69) is 21.9 Å². The number of amides is 1. The molecule has 3 aromatic rings. The second kappa shape index (κ2) is 5.98. The molecule has 0 aromatic carbocycles. The molecule has 0 spiro atoms. The van der Waals surface area contributed by atoms with Gasteiger partial charge in [0.05, 0.1) is 10.7 Å². The zero-order valence-corrected chi connectivity index (χ0v) is 14.6. The smallest absolute Gasteiger partial charge is 0.274 e. The summed E-state index contributed by atoms with van der Waals surface area (Å²) >= 11 is 1.76. The summed E-state index contributed by atoms with van der Waals surface area (Å²) in [6.07, 6.45) is 7.38. The Kier molecular flexibility index (Phi) is 3.80. The third-order valence-electron chi connectivity index (χ3n) is 4.56. The molecule has 24 heavy (non-hydrogen) atoms. The average molecular weight is 341 g/mol. The lowest BCUT2D eigenvalue weighted by Crippen LogP contribution is -2.39. The quantitative estimate of drug-likeness (QED) is 0.719. The largest absolute Gasteiger partial charge is 0.337 e. The van der Waals surface area contributed by atoms with E-state index in [1.807, 2.05) is 24.1 Å². The topological polar surface area (TPSA) is 63.4 Å². The number of rotatable bonds is 2. The van der Waals surface area contributed by atoms with Crippen LogP contribution in [0.5, 0.6) is 0 Å². The number of piperidine rings is 1. The molecule has 1 fully saturated rings. The van der Waals surface area contributed by atoms with Gasteiger partial charge in [-0.2, -0.15) is 0 Å². The predicted octanol–water partition coefficient (Wildman–Crippen LogP) is 2.82. The Bertz CT molecular complexity index is 847. The fraction of sp³-hybridized carbons (Fsp3) is 0.412. The Morgan fingerprint density at radius 1 is 1.33 bits per heavy atom. The second-order valence-corrected chi connectivity index (χ2v) is 7.47. The summed E-state index contributed by atoms with van der Waals surface area (Å²) in [5.41, 5.74) is 1.56. The molecule has 4 rings (SSSR count). The Morgan fingerprint density at radius 3 is 2.96 bits per heavy atom. The van der Waals surface area contributed by atoms with Gasteiger partial charge in [-0.15, -0.1) is 11.3 Å². The number of fused-ring (bicyclic) bond motifs is 1. The first-order chi connectivity index (χ1) is 11.6. The zero-order valence-electron chi connectivity index (χ0n) is 13.8. The molecule has 0 N–H and O–H groups in total. The van der Waals surface area contributed by atoms with Gasteiger partial charge in [0.1, 0.15) is 5.69 Å². The molecule has 7 heteroatoms. The molecule has 1 saturated heterocycles. The Balaban J connectivity index is 1.55. The van der Waals surface area contributed by atoms with E-state index in [1.165, 1.54) is 4.88 Å². The van der Waals surface area contributed by atoms with E-state index in [-0.39, 0.29) is 5.91 Å². The van der Waals surface area contributed by atoms with Crippen LogP contribution < -0.4 is 0 Å². The molecule has 124 valence electrons. The molecule has 0 saturated carbocycles. The van der Waals surface area contributed by atoms with E-state index in [0.29, 0.717) is 23.9 Å². The number of carbonyl (C=O) groups is 1. The van der Waals surface area contributed by atoms with E-state index >= 15 is 0 Å². The molecule has 1 unspecified atom stereocenters. The highest BCUT2D eigenvalue weighted by atomic mass is 32.1. The number of carbonyl (C=O) groups excluding carboxylic acids is 1. The van der Waals surface area contributed by atoms with Crippen LogP contribution in [0.1, 0.15) is 44.8 Å². The highest BCUT2D eigenvalue weighted by molar-refractivity contribution is 7.11. The van der Waals surface area contributed by atoms with Gasteiger partial charge in [-0.3, -0.25) is 9.20 Å². The van der Waals surface area contributed by atoms with E-state index in [0.717, 1.165) is 30.1 Å². The predicted molar refractivity (Wildman–Crippen MR) is 92.5 cm³/mol. The lowest BCUT2D eigenvalue weighted by molar-refractivity contribution is 0.0701. The number of likely N-dealkylation sites (tertiary alicyclic amines) is 1. The second-order valence-electron chi connectivity index (χ2n) is 6.24. The van der Waals surface area contributed by atoms with Crippen molar-refractivity contribution in [3.63, 3.8) is 0 Å². The van der Waals surface area contributed by atoms with Gasteiger partial charge in [0.2, 0.25) is 5.78 Å². The first-order valence-electron chi connectivity index (χ1n) is 8.15. The lowest BCUT2D eigenvalue weighted by atomic mass is 9.98. The first kappa shape index (κ1) is 15.3. The fourth-order valence-corrected chi connectivity index (χ4v) is 4.18. The molecule has 6 nitrogen and oxygen atoms in total. The van der Waals surface area contributed by atoms with Crippen LogP contribution in [0.2, 0.25) is 0 Å². The molecule has 1 aliphatic rings. The molecule has 1 amide bonds. The Labute approximate surface area is 144 Å². The van der Waals surface area contributed by atoms with Gasteiger partial charge in [-0.05, 0) is 32.8 Å². The summed E-state index contributed by atoms with van der Waals surface area (Å²) < 4.78 is 1.78. The average Bonchev–Trinajstić information content (AvgIpc) is 3.18. The number of hydrogen-bond acceptors (Lipinski definition) is 5. The van der Waals surface area contributed by atoms with Crippen LogP contribution in [0.4, 0.5) is 0 Å². The summed E-state index contributed by atoms with van der Waals surface area (Å²) in [5, 5.41) is 1.15. The number of thiazole rings is 1. The first-order valence-corrected chi connectivity index (χ1v) is 8.96. The number of aryl methyl sites for hydroxylation is 2. The minimum atomic E-state index is -0.0183. The van der Waals surface area contributed by atoms with E-state index in [9.17, 15) is 4.79 Å². The molecule has 1 atom stereocenters. The molecule has 4 heterocycles. The van der Waals surface area contributed by atoms with Gasteiger partial charge in [0, 0.05) is 42.5 Å². The third kappa shape index (κ3) is 2.69. The molecule has 1 aliphatic heterocycles. The maximum Gasteiger partial charge on any atom is 0.274 e. The van der Waals surface area contributed by atoms with Crippen molar-refractivity contribution in [2.75, 3.05) is 13.1 Å². The zero-order chi connectivity index (χ0) is 16.7. The fourth-order valence-electron chi connectivity index (χ4n) is 3.13. The number of nitrogens with zero attached hydrogens (tertiary/aromatic N) is 5. The van der Waals surface area contributed by atoms with Gasteiger partial charge in [0.15, 0.2) is 0 Å². The maximum atomic E-state index is 12.8. The van der Waals surface area contributed by atoms with Crippen molar-refractivity contribution in [1.82, 2.24) is 24.3 Å². The molecule has 0 radical (unpaired) electrons. The van der Waals surface area contributed by atoms with Gasteiger partial charge in [0.25, 0.3) is 5.91 Å². The summed E-state index contributed by atoms with van der Waals surface area (Å²) in [4.78, 5) is 29.2. The SMILES string of the molecule is Cc1nc(C2CCCN(C(=O)c3cn4cccnc4n3)C2)sc1C. The summed E-state index contributed by atoms with van der Waals surface area (Å²) in [7, 11) is 0. The minimum Gasteiger partial charge on any atom is -0.337 e. The van der Waals surface area contributed by atoms with Gasteiger partial charge in [-0.1, -0.05) is 0 Å². The molecular formula is C17H19N5OS. The standard InChI is InChI=1S/C17H19N5OS/c1-11-12(2)24-15(19-11)13-5-3-7-21(9-13)16(23)14-10-22-8-4-6-18-17(22)20-14/h4,6,8,10,13H,3,5,7,9H2,1-2H3. The van der Waals surface area contributed by atoms with Crippen LogP contribution in [0, 0.1) is 13.8 Å². The lowest BCUT2D eigenvalue weighted by Gasteiger charge is -2.31. The van der Waals surface area contributed by atoms with Gasteiger partial charge >= 0.3 is 0 Å². The number of aromatic nitrogens is 4. The highest BCUT2D eigenvalue weighted by Gasteiger charge is 2.28. The highest BCUT2D eigenvalue weighted by Crippen LogP contribution is 2.31. The number of hydrogen-bond donors (Lipinski definition) is 0. The monoisotopic (exact) mass is 341 g/mol. The van der Waals surface area contributed by atoms with Crippen molar-refractivity contribution in [1.29, 1.82) is 0 Å². The van der Waals surface area contributed by atoms with Crippen LogP contribution in [0.15, 0.2) is 24.7 Å². The van der Waals surface area contributed by atoms with Crippen LogP contribution >= 0.6 is 11.3 Å².